The van der Waals surface area contributed by atoms with Gasteiger partial charge in [-0.05, 0) is 64.0 Å². The zero-order valence-electron chi connectivity index (χ0n) is 21.0. The van der Waals surface area contributed by atoms with E-state index in [0.29, 0.717) is 16.9 Å². The summed E-state index contributed by atoms with van der Waals surface area (Å²) in [7, 11) is 0. The number of nitrogens with zero attached hydrogens (tertiary/aromatic N) is 4. The van der Waals surface area contributed by atoms with Crippen molar-refractivity contribution in [1.29, 1.82) is 0 Å². The van der Waals surface area contributed by atoms with Crippen LogP contribution in [0.5, 0.6) is 5.19 Å². The molecule has 1 aliphatic heterocycles. The summed E-state index contributed by atoms with van der Waals surface area (Å²) in [6, 6.07) is 0.233. The second-order valence-corrected chi connectivity index (χ2v) is 11.0. The molecule has 0 aromatic carbocycles. The Kier molecular flexibility index (Phi) is 9.00. The molecule has 0 radical (unpaired) electrons. The van der Waals surface area contributed by atoms with Gasteiger partial charge < -0.3 is 15.0 Å². The lowest BCUT2D eigenvalue weighted by molar-refractivity contribution is -0.117. The van der Waals surface area contributed by atoms with E-state index in [1.54, 1.807) is 24.5 Å². The van der Waals surface area contributed by atoms with Gasteiger partial charge in [0.1, 0.15) is 5.82 Å². The third-order valence-corrected chi connectivity index (χ3v) is 7.87. The summed E-state index contributed by atoms with van der Waals surface area (Å²) in [4.78, 5) is 28.7. The number of halogens is 2. The minimum absolute atomic E-state index is 0.0679. The number of hydrogen-bond donors (Lipinski definition) is 1. The second-order valence-electron chi connectivity index (χ2n) is 9.96. The third kappa shape index (κ3) is 8.30. The molecule has 2 aliphatic rings. The van der Waals surface area contributed by atoms with Gasteiger partial charge in [0.05, 0.1) is 5.69 Å². The SMILES string of the molecule is Cc1ncc(/C=C/C(=O)NC2CCC(CCN3CCc4nc(OCC(C)(F)F)sc4CC3)CC2)cn1. The Hall–Kier alpha value is -2.46. The molecule has 0 spiro atoms. The number of thiazole rings is 1. The molecular weight excluding hydrogens is 484 g/mol. The number of carbonyl (C=O) groups is 1. The van der Waals surface area contributed by atoms with Crippen molar-refractivity contribution in [2.45, 2.75) is 70.8 Å². The maximum absolute atomic E-state index is 13.0. The van der Waals surface area contributed by atoms with Gasteiger partial charge in [0.2, 0.25) is 5.91 Å². The largest absolute Gasteiger partial charge is 0.464 e. The Balaban J connectivity index is 1.13. The monoisotopic (exact) mass is 519 g/mol. The minimum atomic E-state index is -2.85. The van der Waals surface area contributed by atoms with Crippen LogP contribution in [0.3, 0.4) is 0 Å². The van der Waals surface area contributed by atoms with Gasteiger partial charge in [0.25, 0.3) is 11.1 Å². The van der Waals surface area contributed by atoms with Gasteiger partial charge in [0, 0.05) is 61.4 Å². The molecule has 3 heterocycles. The number of amides is 1. The molecule has 196 valence electrons. The maximum atomic E-state index is 13.0. The van der Waals surface area contributed by atoms with E-state index in [9.17, 15) is 13.6 Å². The van der Waals surface area contributed by atoms with Gasteiger partial charge in [-0.2, -0.15) is 0 Å². The van der Waals surface area contributed by atoms with Gasteiger partial charge in [-0.25, -0.2) is 23.7 Å². The van der Waals surface area contributed by atoms with Gasteiger partial charge in [-0.3, -0.25) is 4.79 Å². The van der Waals surface area contributed by atoms with E-state index < -0.39 is 12.5 Å². The summed E-state index contributed by atoms with van der Waals surface area (Å²) >= 11 is 1.41. The Morgan fingerprint density at radius 1 is 1.22 bits per heavy atom. The second kappa shape index (κ2) is 12.2. The summed E-state index contributed by atoms with van der Waals surface area (Å²) in [5, 5.41) is 3.49. The molecule has 10 heteroatoms. The number of aromatic nitrogens is 3. The quantitative estimate of drug-likeness (QED) is 0.493. The number of nitrogens with one attached hydrogen (secondary N) is 1. The molecule has 0 unspecified atom stereocenters. The van der Waals surface area contributed by atoms with Crippen molar-refractivity contribution < 1.29 is 18.3 Å². The number of ether oxygens (including phenoxy) is 1. The van der Waals surface area contributed by atoms with E-state index >= 15 is 0 Å². The average Bonchev–Trinajstić information content (AvgIpc) is 3.15. The fourth-order valence-corrected chi connectivity index (χ4v) is 5.67. The zero-order valence-corrected chi connectivity index (χ0v) is 21.8. The molecule has 2 aromatic rings. The number of rotatable bonds is 9. The van der Waals surface area contributed by atoms with Crippen molar-refractivity contribution in [3.63, 3.8) is 0 Å². The first-order valence-corrected chi connectivity index (χ1v) is 13.5. The Morgan fingerprint density at radius 2 is 1.94 bits per heavy atom. The van der Waals surface area contributed by atoms with Crippen molar-refractivity contribution in [1.82, 2.24) is 25.2 Å². The Bertz CT molecular complexity index is 1000. The Labute approximate surface area is 215 Å². The molecule has 7 nitrogen and oxygen atoms in total. The molecule has 1 amide bonds. The lowest BCUT2D eigenvalue weighted by Gasteiger charge is -2.30. The van der Waals surface area contributed by atoms with E-state index in [4.69, 9.17) is 4.74 Å². The van der Waals surface area contributed by atoms with Crippen molar-refractivity contribution in [3.05, 3.63) is 40.4 Å². The van der Waals surface area contributed by atoms with E-state index in [0.717, 1.165) is 87.6 Å². The van der Waals surface area contributed by atoms with Crippen molar-refractivity contribution in [3.8, 4) is 5.19 Å². The minimum Gasteiger partial charge on any atom is -0.464 e. The normalized spacial score (nSPS) is 21.2. The fraction of sp³-hybridized carbons (Fsp3) is 0.615. The van der Waals surface area contributed by atoms with E-state index in [1.807, 2.05) is 6.92 Å². The third-order valence-electron chi connectivity index (χ3n) is 6.80. The first-order valence-electron chi connectivity index (χ1n) is 12.7. The van der Waals surface area contributed by atoms with Gasteiger partial charge in [0.15, 0.2) is 6.61 Å². The highest BCUT2D eigenvalue weighted by Crippen LogP contribution is 2.30. The highest BCUT2D eigenvalue weighted by molar-refractivity contribution is 7.13. The first kappa shape index (κ1) is 26.6. The molecule has 0 bridgehead atoms. The van der Waals surface area contributed by atoms with Crippen molar-refractivity contribution >= 4 is 23.3 Å². The van der Waals surface area contributed by atoms with Crippen LogP contribution >= 0.6 is 11.3 Å². The molecular formula is C26H35F2N5O2S. The summed E-state index contributed by atoms with van der Waals surface area (Å²) in [5.41, 5.74) is 1.81. The number of hydrogen-bond acceptors (Lipinski definition) is 7. The lowest BCUT2D eigenvalue weighted by Crippen LogP contribution is -2.37. The van der Waals surface area contributed by atoms with Crippen LogP contribution in [0.1, 0.15) is 61.0 Å². The van der Waals surface area contributed by atoms with Crippen LogP contribution in [-0.4, -0.2) is 64.0 Å². The summed E-state index contributed by atoms with van der Waals surface area (Å²) in [5.74, 6) is -1.52. The number of alkyl halides is 2. The summed E-state index contributed by atoms with van der Waals surface area (Å²) < 4.78 is 31.3. The fourth-order valence-electron chi connectivity index (χ4n) is 4.73. The van der Waals surface area contributed by atoms with Gasteiger partial charge in [-0.15, -0.1) is 0 Å². The predicted molar refractivity (Wildman–Crippen MR) is 136 cm³/mol. The highest BCUT2D eigenvalue weighted by atomic mass is 32.1. The molecule has 2 aromatic heterocycles. The first-order chi connectivity index (χ1) is 17.2. The van der Waals surface area contributed by atoms with E-state index in [2.05, 4.69) is 25.2 Å². The molecule has 1 aliphatic carbocycles. The molecule has 4 rings (SSSR count). The molecule has 1 saturated carbocycles. The molecule has 1 N–H and O–H groups in total. The molecule has 1 fully saturated rings. The van der Waals surface area contributed by atoms with Crippen molar-refractivity contribution in [2.75, 3.05) is 26.2 Å². The van der Waals surface area contributed by atoms with E-state index in [1.165, 1.54) is 11.3 Å². The van der Waals surface area contributed by atoms with Crippen molar-refractivity contribution in [2.24, 2.45) is 5.92 Å². The number of carbonyl (C=O) groups excluding carboxylic acids is 1. The highest BCUT2D eigenvalue weighted by Gasteiger charge is 2.26. The zero-order chi connectivity index (χ0) is 25.5. The van der Waals surface area contributed by atoms with Gasteiger partial charge in [-0.1, -0.05) is 11.3 Å². The van der Waals surface area contributed by atoms with Crippen LogP contribution in [0.2, 0.25) is 0 Å². The topological polar surface area (TPSA) is 80.2 Å². The maximum Gasteiger partial charge on any atom is 0.278 e. The standard InChI is InChI=1S/C26H35F2N5O2S/c1-18-29-15-20(16-30-18)5-8-24(34)31-21-6-3-19(4-7-21)9-12-33-13-10-22-23(11-14-33)36-25(32-22)35-17-26(2,27)28/h5,8,15-16,19,21H,3-4,6-7,9-14,17H2,1-2H3,(H,31,34)/b8-5+. The molecule has 36 heavy (non-hydrogen) atoms. The van der Waals surface area contributed by atoms with E-state index in [-0.39, 0.29) is 11.9 Å². The average molecular weight is 520 g/mol. The van der Waals surface area contributed by atoms with Crippen LogP contribution in [-0.2, 0) is 17.6 Å². The smallest absolute Gasteiger partial charge is 0.278 e. The summed E-state index contributed by atoms with van der Waals surface area (Å²) in [6.45, 7) is 5.01. The van der Waals surface area contributed by atoms with Gasteiger partial charge >= 0.3 is 0 Å². The van der Waals surface area contributed by atoms with Crippen LogP contribution in [0.4, 0.5) is 8.78 Å². The summed E-state index contributed by atoms with van der Waals surface area (Å²) in [6.07, 6.45) is 13.9. The predicted octanol–water partition coefficient (Wildman–Crippen LogP) is 4.45. The number of aryl methyl sites for hydroxylation is 1. The van der Waals surface area contributed by atoms with Crippen LogP contribution < -0.4 is 10.1 Å². The van der Waals surface area contributed by atoms with Crippen LogP contribution in [0.25, 0.3) is 6.08 Å². The van der Waals surface area contributed by atoms with Crippen LogP contribution in [0, 0.1) is 12.8 Å². The lowest BCUT2D eigenvalue weighted by atomic mass is 9.84. The molecule has 0 saturated heterocycles. The van der Waals surface area contributed by atoms with Crippen LogP contribution in [0.15, 0.2) is 18.5 Å². The number of fused-ring (bicyclic) bond motifs is 1. The Morgan fingerprint density at radius 3 is 2.67 bits per heavy atom. The molecule has 0 atom stereocenters.